The van der Waals surface area contributed by atoms with Crippen LogP contribution in [0.15, 0.2) is 5.38 Å². The van der Waals surface area contributed by atoms with Crippen LogP contribution in [0.2, 0.25) is 0 Å². The number of aromatic nitrogens is 1. The molecule has 1 heterocycles. The third-order valence-electron chi connectivity index (χ3n) is 2.46. The molecule has 1 rings (SSSR count). The molecule has 0 spiro atoms. The molecule has 0 aromatic carbocycles. The quantitative estimate of drug-likeness (QED) is 0.879. The molecule has 1 N–H and O–H groups in total. The third kappa shape index (κ3) is 4.37. The SMILES string of the molecule is COCC(NC(C)C)c1nc(C(C)(C)C)cs1. The van der Waals surface area contributed by atoms with E-state index in [1.54, 1.807) is 18.4 Å². The second kappa shape index (κ2) is 5.94. The zero-order valence-corrected chi connectivity index (χ0v) is 12.5. The summed E-state index contributed by atoms with van der Waals surface area (Å²) < 4.78 is 5.26. The van der Waals surface area contributed by atoms with Crippen LogP contribution in [-0.2, 0) is 10.2 Å². The first-order valence-corrected chi connectivity index (χ1v) is 6.93. The van der Waals surface area contributed by atoms with Crippen LogP contribution >= 0.6 is 11.3 Å². The van der Waals surface area contributed by atoms with E-state index in [-0.39, 0.29) is 11.5 Å². The number of ether oxygens (including phenoxy) is 1. The summed E-state index contributed by atoms with van der Waals surface area (Å²) in [6.07, 6.45) is 0. The molecule has 98 valence electrons. The van der Waals surface area contributed by atoms with Crippen molar-refractivity contribution in [2.24, 2.45) is 0 Å². The molecule has 0 bridgehead atoms. The summed E-state index contributed by atoms with van der Waals surface area (Å²) in [5.41, 5.74) is 1.27. The van der Waals surface area contributed by atoms with E-state index in [0.717, 1.165) is 10.7 Å². The Morgan fingerprint density at radius 2 is 2.06 bits per heavy atom. The lowest BCUT2D eigenvalue weighted by atomic mass is 9.93. The van der Waals surface area contributed by atoms with Gasteiger partial charge in [-0.25, -0.2) is 4.98 Å². The summed E-state index contributed by atoms with van der Waals surface area (Å²) >= 11 is 1.71. The van der Waals surface area contributed by atoms with Crippen LogP contribution < -0.4 is 5.32 Å². The fraction of sp³-hybridized carbons (Fsp3) is 0.769. The predicted molar refractivity (Wildman–Crippen MR) is 73.7 cm³/mol. The summed E-state index contributed by atoms with van der Waals surface area (Å²) in [6, 6.07) is 0.623. The summed E-state index contributed by atoms with van der Waals surface area (Å²) in [5.74, 6) is 0. The Kier molecular flexibility index (Phi) is 5.10. The van der Waals surface area contributed by atoms with Gasteiger partial charge in [-0.3, -0.25) is 0 Å². The van der Waals surface area contributed by atoms with Crippen molar-refractivity contribution >= 4 is 11.3 Å². The highest BCUT2D eigenvalue weighted by Crippen LogP contribution is 2.27. The molecule has 0 aliphatic carbocycles. The molecule has 0 fully saturated rings. The predicted octanol–water partition coefficient (Wildman–Crippen LogP) is 3.13. The Hall–Kier alpha value is -0.450. The molecule has 0 aliphatic heterocycles. The van der Waals surface area contributed by atoms with E-state index in [9.17, 15) is 0 Å². The Morgan fingerprint density at radius 3 is 2.47 bits per heavy atom. The standard InChI is InChI=1S/C13H24N2OS/c1-9(2)14-10(7-16-6)12-15-11(8-17-12)13(3,4)5/h8-10,14H,7H2,1-6H3. The van der Waals surface area contributed by atoms with Gasteiger partial charge < -0.3 is 10.1 Å². The molecule has 1 unspecified atom stereocenters. The Bertz CT molecular complexity index is 341. The molecule has 17 heavy (non-hydrogen) atoms. The smallest absolute Gasteiger partial charge is 0.112 e. The molecule has 1 atom stereocenters. The summed E-state index contributed by atoms with van der Waals surface area (Å²) in [6.45, 7) is 11.5. The summed E-state index contributed by atoms with van der Waals surface area (Å²) in [4.78, 5) is 4.73. The maximum atomic E-state index is 5.26. The number of nitrogens with zero attached hydrogens (tertiary/aromatic N) is 1. The Balaban J connectivity index is 2.84. The lowest BCUT2D eigenvalue weighted by Crippen LogP contribution is -2.31. The van der Waals surface area contributed by atoms with Gasteiger partial charge in [0.05, 0.1) is 18.3 Å². The van der Waals surface area contributed by atoms with Gasteiger partial charge in [0, 0.05) is 23.9 Å². The van der Waals surface area contributed by atoms with Crippen LogP contribution in [-0.4, -0.2) is 24.7 Å². The maximum absolute atomic E-state index is 5.26. The van der Waals surface area contributed by atoms with Gasteiger partial charge >= 0.3 is 0 Å². The minimum atomic E-state index is 0.115. The van der Waals surface area contributed by atoms with Crippen molar-refractivity contribution in [2.45, 2.75) is 52.1 Å². The Labute approximate surface area is 109 Å². The van der Waals surface area contributed by atoms with Gasteiger partial charge in [0.15, 0.2) is 0 Å². The van der Waals surface area contributed by atoms with Crippen LogP contribution in [0.3, 0.4) is 0 Å². The minimum absolute atomic E-state index is 0.115. The molecule has 1 aromatic rings. The minimum Gasteiger partial charge on any atom is -0.383 e. The van der Waals surface area contributed by atoms with Crippen molar-refractivity contribution in [3.63, 3.8) is 0 Å². The molecule has 1 aromatic heterocycles. The number of rotatable bonds is 5. The van der Waals surface area contributed by atoms with E-state index in [1.807, 2.05) is 0 Å². The Morgan fingerprint density at radius 1 is 1.41 bits per heavy atom. The van der Waals surface area contributed by atoms with Crippen LogP contribution in [0.5, 0.6) is 0 Å². The van der Waals surface area contributed by atoms with E-state index in [2.05, 4.69) is 45.3 Å². The van der Waals surface area contributed by atoms with Gasteiger partial charge in [0.1, 0.15) is 5.01 Å². The van der Waals surface area contributed by atoms with Gasteiger partial charge in [0.25, 0.3) is 0 Å². The van der Waals surface area contributed by atoms with E-state index < -0.39 is 0 Å². The first-order chi connectivity index (χ1) is 7.84. The molecule has 0 amide bonds. The van der Waals surface area contributed by atoms with E-state index in [4.69, 9.17) is 9.72 Å². The highest BCUT2D eigenvalue weighted by molar-refractivity contribution is 7.09. The first kappa shape index (κ1) is 14.6. The number of nitrogens with one attached hydrogen (secondary N) is 1. The van der Waals surface area contributed by atoms with Crippen molar-refractivity contribution in [3.05, 3.63) is 16.1 Å². The van der Waals surface area contributed by atoms with E-state index in [0.29, 0.717) is 12.6 Å². The van der Waals surface area contributed by atoms with Gasteiger partial charge in [-0.1, -0.05) is 34.6 Å². The fourth-order valence-electron chi connectivity index (χ4n) is 1.55. The van der Waals surface area contributed by atoms with Crippen LogP contribution in [0, 0.1) is 0 Å². The first-order valence-electron chi connectivity index (χ1n) is 6.05. The molecule has 0 aliphatic rings. The number of hydrogen-bond donors (Lipinski definition) is 1. The molecule has 0 saturated heterocycles. The van der Waals surface area contributed by atoms with Crippen molar-refractivity contribution in [1.82, 2.24) is 10.3 Å². The zero-order valence-electron chi connectivity index (χ0n) is 11.7. The van der Waals surface area contributed by atoms with Crippen LogP contribution in [0.4, 0.5) is 0 Å². The normalized spacial score (nSPS) is 14.3. The number of methoxy groups -OCH3 is 1. The lowest BCUT2D eigenvalue weighted by Gasteiger charge is -2.19. The van der Waals surface area contributed by atoms with Gasteiger partial charge in [-0.2, -0.15) is 0 Å². The van der Waals surface area contributed by atoms with E-state index >= 15 is 0 Å². The van der Waals surface area contributed by atoms with Crippen LogP contribution in [0.25, 0.3) is 0 Å². The molecular formula is C13H24N2OS. The lowest BCUT2D eigenvalue weighted by molar-refractivity contribution is 0.163. The molecule has 0 saturated carbocycles. The highest BCUT2D eigenvalue weighted by atomic mass is 32.1. The second-order valence-electron chi connectivity index (χ2n) is 5.65. The zero-order chi connectivity index (χ0) is 13.1. The average Bonchev–Trinajstić information content (AvgIpc) is 2.64. The van der Waals surface area contributed by atoms with Gasteiger partial charge in [-0.05, 0) is 0 Å². The molecule has 0 radical (unpaired) electrons. The van der Waals surface area contributed by atoms with Crippen LogP contribution in [0.1, 0.15) is 51.4 Å². The summed E-state index contributed by atoms with van der Waals surface area (Å²) in [7, 11) is 1.73. The van der Waals surface area contributed by atoms with Crippen molar-refractivity contribution in [3.8, 4) is 0 Å². The fourth-order valence-corrected chi connectivity index (χ4v) is 2.64. The third-order valence-corrected chi connectivity index (χ3v) is 3.41. The average molecular weight is 256 g/mol. The molecule has 4 heteroatoms. The second-order valence-corrected chi connectivity index (χ2v) is 6.54. The van der Waals surface area contributed by atoms with Crippen molar-refractivity contribution in [2.75, 3.05) is 13.7 Å². The topological polar surface area (TPSA) is 34.1 Å². The van der Waals surface area contributed by atoms with Gasteiger partial charge in [0.2, 0.25) is 0 Å². The highest BCUT2D eigenvalue weighted by Gasteiger charge is 2.21. The molecule has 3 nitrogen and oxygen atoms in total. The molecular weight excluding hydrogens is 232 g/mol. The van der Waals surface area contributed by atoms with Crippen molar-refractivity contribution < 1.29 is 4.74 Å². The largest absolute Gasteiger partial charge is 0.383 e. The number of thiazole rings is 1. The summed E-state index contributed by atoms with van der Waals surface area (Å²) in [5, 5.41) is 6.75. The monoisotopic (exact) mass is 256 g/mol. The maximum Gasteiger partial charge on any atom is 0.112 e. The van der Waals surface area contributed by atoms with Gasteiger partial charge in [-0.15, -0.1) is 11.3 Å². The van der Waals surface area contributed by atoms with E-state index in [1.165, 1.54) is 0 Å². The van der Waals surface area contributed by atoms with Crippen molar-refractivity contribution in [1.29, 1.82) is 0 Å². The number of hydrogen-bond acceptors (Lipinski definition) is 4.